The molecule has 1 saturated heterocycles. The fourth-order valence-electron chi connectivity index (χ4n) is 3.61. The molecule has 0 unspecified atom stereocenters. The zero-order valence-corrected chi connectivity index (χ0v) is 12.0. The third kappa shape index (κ3) is 2.43. The van der Waals surface area contributed by atoms with E-state index < -0.39 is 10.0 Å². The van der Waals surface area contributed by atoms with Gasteiger partial charge < -0.3 is 0 Å². The molecule has 4 heteroatoms. The Bertz CT molecular complexity index is 524. The van der Waals surface area contributed by atoms with Crippen molar-refractivity contribution in [2.45, 2.75) is 49.5 Å². The number of piperidine rings is 1. The highest BCUT2D eigenvalue weighted by Gasteiger charge is 2.39. The van der Waals surface area contributed by atoms with Gasteiger partial charge >= 0.3 is 0 Å². The van der Waals surface area contributed by atoms with Gasteiger partial charge in [0, 0.05) is 12.6 Å². The van der Waals surface area contributed by atoms with Crippen LogP contribution in [0.1, 0.15) is 38.5 Å². The summed E-state index contributed by atoms with van der Waals surface area (Å²) in [5.41, 5.74) is 0. The quantitative estimate of drug-likeness (QED) is 0.834. The summed E-state index contributed by atoms with van der Waals surface area (Å²) in [6, 6.07) is 9.12. The van der Waals surface area contributed by atoms with E-state index in [4.69, 9.17) is 0 Å². The van der Waals surface area contributed by atoms with Crippen molar-refractivity contribution >= 4 is 10.0 Å². The second-order valence-corrected chi connectivity index (χ2v) is 7.57. The summed E-state index contributed by atoms with van der Waals surface area (Å²) in [7, 11) is -3.30. The maximum absolute atomic E-state index is 12.8. The van der Waals surface area contributed by atoms with Crippen molar-refractivity contribution in [3.05, 3.63) is 30.3 Å². The Balaban J connectivity index is 1.91. The standard InChI is InChI=1S/C15H21NO2S/c17-19(18,14-9-2-1-3-10-14)16-12-6-8-13-7-4-5-11-15(13)16/h1-3,9-10,13,15H,4-8,11-12H2/t13-,15+/m0/s1. The molecule has 19 heavy (non-hydrogen) atoms. The predicted octanol–water partition coefficient (Wildman–Crippen LogP) is 3.03. The molecule has 0 bridgehead atoms. The smallest absolute Gasteiger partial charge is 0.207 e. The Labute approximate surface area is 115 Å². The molecule has 2 aliphatic rings. The molecule has 1 aromatic rings. The molecule has 1 aliphatic heterocycles. The third-order valence-electron chi connectivity index (χ3n) is 4.54. The van der Waals surface area contributed by atoms with Crippen LogP contribution in [0, 0.1) is 5.92 Å². The van der Waals surface area contributed by atoms with Crippen LogP contribution >= 0.6 is 0 Å². The molecule has 1 saturated carbocycles. The van der Waals surface area contributed by atoms with Crippen molar-refractivity contribution in [1.82, 2.24) is 4.31 Å². The first-order chi connectivity index (χ1) is 9.19. The molecule has 3 rings (SSSR count). The Kier molecular flexibility index (Phi) is 3.63. The van der Waals surface area contributed by atoms with Crippen molar-refractivity contribution in [2.24, 2.45) is 5.92 Å². The third-order valence-corrected chi connectivity index (χ3v) is 6.48. The van der Waals surface area contributed by atoms with Gasteiger partial charge in [0.15, 0.2) is 0 Å². The maximum Gasteiger partial charge on any atom is 0.243 e. The van der Waals surface area contributed by atoms with Gasteiger partial charge in [0.05, 0.1) is 4.90 Å². The first-order valence-electron chi connectivity index (χ1n) is 7.26. The number of fused-ring (bicyclic) bond motifs is 1. The number of benzene rings is 1. The number of rotatable bonds is 2. The van der Waals surface area contributed by atoms with E-state index >= 15 is 0 Å². The van der Waals surface area contributed by atoms with Crippen molar-refractivity contribution in [3.63, 3.8) is 0 Å². The summed E-state index contributed by atoms with van der Waals surface area (Å²) < 4.78 is 27.3. The Morgan fingerprint density at radius 3 is 2.42 bits per heavy atom. The first kappa shape index (κ1) is 13.1. The lowest BCUT2D eigenvalue weighted by Crippen LogP contribution is -2.49. The van der Waals surface area contributed by atoms with Crippen molar-refractivity contribution < 1.29 is 8.42 Å². The van der Waals surface area contributed by atoms with E-state index in [0.29, 0.717) is 17.4 Å². The molecule has 0 radical (unpaired) electrons. The molecule has 2 fully saturated rings. The van der Waals surface area contributed by atoms with Crippen LogP contribution in [0.3, 0.4) is 0 Å². The summed E-state index contributed by atoms with van der Waals surface area (Å²) in [4.78, 5) is 0.446. The summed E-state index contributed by atoms with van der Waals surface area (Å²) in [6.07, 6.45) is 6.88. The minimum Gasteiger partial charge on any atom is -0.207 e. The van der Waals surface area contributed by atoms with E-state index in [1.807, 2.05) is 6.07 Å². The van der Waals surface area contributed by atoms with Gasteiger partial charge in [0.25, 0.3) is 0 Å². The fourth-order valence-corrected chi connectivity index (χ4v) is 5.38. The predicted molar refractivity (Wildman–Crippen MR) is 75.3 cm³/mol. The molecule has 1 aliphatic carbocycles. The van der Waals surface area contributed by atoms with E-state index in [0.717, 1.165) is 12.8 Å². The van der Waals surface area contributed by atoms with Crippen LogP contribution in [0.2, 0.25) is 0 Å². The highest BCUT2D eigenvalue weighted by Crippen LogP contribution is 2.37. The fraction of sp³-hybridized carbons (Fsp3) is 0.600. The molecular weight excluding hydrogens is 258 g/mol. The maximum atomic E-state index is 12.8. The molecule has 1 aromatic carbocycles. The zero-order chi connectivity index (χ0) is 13.3. The second kappa shape index (κ2) is 5.25. The zero-order valence-electron chi connectivity index (χ0n) is 11.2. The van der Waals surface area contributed by atoms with Crippen LogP contribution in [-0.4, -0.2) is 25.3 Å². The molecule has 3 nitrogen and oxygen atoms in total. The van der Waals surface area contributed by atoms with Gasteiger partial charge in [-0.15, -0.1) is 0 Å². The monoisotopic (exact) mass is 279 g/mol. The number of sulfonamides is 1. The lowest BCUT2D eigenvalue weighted by atomic mass is 9.79. The van der Waals surface area contributed by atoms with Crippen LogP contribution < -0.4 is 0 Å². The average Bonchev–Trinajstić information content (AvgIpc) is 2.47. The van der Waals surface area contributed by atoms with Crippen molar-refractivity contribution in [2.75, 3.05) is 6.54 Å². The van der Waals surface area contributed by atoms with Crippen LogP contribution in [0.15, 0.2) is 35.2 Å². The highest BCUT2D eigenvalue weighted by molar-refractivity contribution is 7.89. The lowest BCUT2D eigenvalue weighted by molar-refractivity contribution is 0.129. The molecular formula is C15H21NO2S. The molecule has 0 amide bonds. The Morgan fingerprint density at radius 2 is 1.63 bits per heavy atom. The van der Waals surface area contributed by atoms with Crippen LogP contribution in [0.4, 0.5) is 0 Å². The normalized spacial score (nSPS) is 28.8. The van der Waals surface area contributed by atoms with Gasteiger partial charge in [0.2, 0.25) is 10.0 Å². The van der Waals surface area contributed by atoms with Gasteiger partial charge in [0.1, 0.15) is 0 Å². The largest absolute Gasteiger partial charge is 0.243 e. The molecule has 0 spiro atoms. The summed E-state index contributed by atoms with van der Waals surface area (Å²) in [5.74, 6) is 0.584. The van der Waals surface area contributed by atoms with Crippen molar-refractivity contribution in [1.29, 1.82) is 0 Å². The molecule has 2 atom stereocenters. The van der Waals surface area contributed by atoms with Crippen LogP contribution in [0.5, 0.6) is 0 Å². The summed E-state index contributed by atoms with van der Waals surface area (Å²) in [5, 5.41) is 0. The van der Waals surface area contributed by atoms with Gasteiger partial charge in [-0.05, 0) is 43.7 Å². The average molecular weight is 279 g/mol. The first-order valence-corrected chi connectivity index (χ1v) is 8.70. The molecule has 0 N–H and O–H groups in total. The number of hydrogen-bond acceptors (Lipinski definition) is 2. The summed E-state index contributed by atoms with van der Waals surface area (Å²) in [6.45, 7) is 0.693. The lowest BCUT2D eigenvalue weighted by Gasteiger charge is -2.43. The van der Waals surface area contributed by atoms with E-state index in [-0.39, 0.29) is 6.04 Å². The van der Waals surface area contributed by atoms with E-state index in [9.17, 15) is 8.42 Å². The topological polar surface area (TPSA) is 37.4 Å². The van der Waals surface area contributed by atoms with E-state index in [2.05, 4.69) is 0 Å². The second-order valence-electron chi connectivity index (χ2n) is 5.68. The van der Waals surface area contributed by atoms with E-state index in [1.165, 1.54) is 25.7 Å². The molecule has 1 heterocycles. The summed E-state index contributed by atoms with van der Waals surface area (Å²) >= 11 is 0. The van der Waals surface area contributed by atoms with Crippen LogP contribution in [0.25, 0.3) is 0 Å². The van der Waals surface area contributed by atoms with Gasteiger partial charge in [-0.1, -0.05) is 31.0 Å². The number of nitrogens with zero attached hydrogens (tertiary/aromatic N) is 1. The van der Waals surface area contributed by atoms with Gasteiger partial charge in [-0.25, -0.2) is 8.42 Å². The SMILES string of the molecule is O=S(=O)(c1ccccc1)N1CCC[C@@H]2CCCC[C@H]21. The minimum atomic E-state index is -3.30. The van der Waals surface area contributed by atoms with Crippen molar-refractivity contribution in [3.8, 4) is 0 Å². The number of hydrogen-bond donors (Lipinski definition) is 0. The Morgan fingerprint density at radius 1 is 0.947 bits per heavy atom. The van der Waals surface area contributed by atoms with Crippen LogP contribution in [-0.2, 0) is 10.0 Å². The highest BCUT2D eigenvalue weighted by atomic mass is 32.2. The Hall–Kier alpha value is -0.870. The van der Waals surface area contributed by atoms with E-state index in [1.54, 1.807) is 28.6 Å². The molecule has 104 valence electrons. The molecule has 0 aromatic heterocycles. The van der Waals surface area contributed by atoms with Gasteiger partial charge in [-0.3, -0.25) is 0 Å². The van der Waals surface area contributed by atoms with Gasteiger partial charge in [-0.2, -0.15) is 4.31 Å². The minimum absolute atomic E-state index is 0.243.